The quantitative estimate of drug-likeness (QED) is 0.657. The van der Waals surface area contributed by atoms with Crippen molar-refractivity contribution in [3.63, 3.8) is 0 Å². The summed E-state index contributed by atoms with van der Waals surface area (Å²) in [6.45, 7) is 12.5. The van der Waals surface area contributed by atoms with Crippen molar-refractivity contribution in [2.45, 2.75) is 71.4 Å². The van der Waals surface area contributed by atoms with Crippen molar-refractivity contribution in [2.75, 3.05) is 6.54 Å². The maximum Gasteiger partial charge on any atom is 0.0608 e. The van der Waals surface area contributed by atoms with E-state index >= 15 is 0 Å². The highest BCUT2D eigenvalue weighted by Gasteiger charge is 2.47. The van der Waals surface area contributed by atoms with Gasteiger partial charge in [0, 0.05) is 11.1 Å². The van der Waals surface area contributed by atoms with E-state index in [1.54, 1.807) is 0 Å². The molecule has 1 nitrogen and oxygen atoms in total. The lowest BCUT2D eigenvalue weighted by Crippen LogP contribution is -2.63. The fourth-order valence-corrected chi connectivity index (χ4v) is 3.23. The zero-order valence-electron chi connectivity index (χ0n) is 11.6. The Hall–Kier alpha value is -0.480. The predicted octanol–water partition coefficient (Wildman–Crippen LogP) is 3.69. The smallest absolute Gasteiger partial charge is 0.0608 e. The second-order valence-electron chi connectivity index (χ2n) is 5.79. The molecule has 3 atom stereocenters. The Balaban J connectivity index is 3.07. The molecule has 1 fully saturated rings. The Bertz CT molecular complexity index is 278. The summed E-state index contributed by atoms with van der Waals surface area (Å²) >= 11 is 0. The van der Waals surface area contributed by atoms with Crippen molar-refractivity contribution in [2.24, 2.45) is 5.92 Å². The summed E-state index contributed by atoms with van der Waals surface area (Å²) in [4.78, 5) is 2.59. The van der Waals surface area contributed by atoms with Gasteiger partial charge in [-0.05, 0) is 45.4 Å². The van der Waals surface area contributed by atoms with Gasteiger partial charge in [0.15, 0.2) is 0 Å². The van der Waals surface area contributed by atoms with E-state index in [9.17, 15) is 0 Å². The highest BCUT2D eigenvalue weighted by Crippen LogP contribution is 2.44. The maximum absolute atomic E-state index is 5.56. The molecule has 1 rings (SSSR count). The first-order valence-electron chi connectivity index (χ1n) is 6.65. The standard InChI is InChI=1S/C15H27N/c1-7-12-16-14(5,8-2)11-10-13(4)15(16,6)9-3/h1,13H,8-12H2,2-6H3. The van der Waals surface area contributed by atoms with Crippen molar-refractivity contribution in [1.82, 2.24) is 4.90 Å². The highest BCUT2D eigenvalue weighted by atomic mass is 15.3. The van der Waals surface area contributed by atoms with E-state index in [2.05, 4.69) is 45.4 Å². The number of rotatable bonds is 3. The van der Waals surface area contributed by atoms with Gasteiger partial charge in [-0.25, -0.2) is 0 Å². The van der Waals surface area contributed by atoms with Crippen LogP contribution in [0.1, 0.15) is 60.3 Å². The Kier molecular flexibility index (Phi) is 4.07. The average molecular weight is 221 g/mol. The summed E-state index contributed by atoms with van der Waals surface area (Å²) in [6.07, 6.45) is 10.6. The lowest BCUT2D eigenvalue weighted by Gasteiger charge is -2.58. The number of terminal acetylenes is 1. The number of hydrogen-bond acceptors (Lipinski definition) is 1. The van der Waals surface area contributed by atoms with Crippen molar-refractivity contribution in [3.05, 3.63) is 0 Å². The molecule has 1 heteroatoms. The summed E-state index contributed by atoms with van der Waals surface area (Å²) in [6, 6.07) is 0. The zero-order valence-corrected chi connectivity index (χ0v) is 11.6. The molecule has 0 aromatic heterocycles. The molecule has 0 amide bonds. The SMILES string of the molecule is C#CCN1C(C)(CC)CCC(C)C1(C)CC. The van der Waals surface area contributed by atoms with E-state index in [1.165, 1.54) is 25.7 Å². The third-order valence-corrected chi connectivity index (χ3v) is 5.17. The van der Waals surface area contributed by atoms with E-state index in [4.69, 9.17) is 6.42 Å². The monoisotopic (exact) mass is 221 g/mol. The topological polar surface area (TPSA) is 3.24 Å². The number of hydrogen-bond donors (Lipinski definition) is 0. The molecule has 1 aliphatic rings. The van der Waals surface area contributed by atoms with Gasteiger partial charge in [-0.1, -0.05) is 26.7 Å². The van der Waals surface area contributed by atoms with Crippen LogP contribution >= 0.6 is 0 Å². The first-order valence-corrected chi connectivity index (χ1v) is 6.65. The van der Waals surface area contributed by atoms with Gasteiger partial charge < -0.3 is 0 Å². The Labute approximate surface area is 102 Å². The highest BCUT2D eigenvalue weighted by molar-refractivity contribution is 5.07. The molecule has 92 valence electrons. The van der Waals surface area contributed by atoms with Crippen LogP contribution in [-0.2, 0) is 0 Å². The molecule has 16 heavy (non-hydrogen) atoms. The molecular formula is C15H27N. The van der Waals surface area contributed by atoms with Crippen LogP contribution in [0.5, 0.6) is 0 Å². The minimum Gasteiger partial charge on any atom is -0.281 e. The molecule has 0 N–H and O–H groups in total. The van der Waals surface area contributed by atoms with Crippen LogP contribution in [0, 0.1) is 18.3 Å². The normalized spacial score (nSPS) is 40.6. The Morgan fingerprint density at radius 1 is 1.31 bits per heavy atom. The van der Waals surface area contributed by atoms with E-state index in [0.29, 0.717) is 5.54 Å². The van der Waals surface area contributed by atoms with Gasteiger partial charge in [-0.3, -0.25) is 4.90 Å². The van der Waals surface area contributed by atoms with Gasteiger partial charge in [-0.15, -0.1) is 6.42 Å². The molecule has 0 aromatic carbocycles. The van der Waals surface area contributed by atoms with Crippen molar-refractivity contribution in [3.8, 4) is 12.3 Å². The van der Waals surface area contributed by atoms with Crippen LogP contribution < -0.4 is 0 Å². The van der Waals surface area contributed by atoms with Crippen LogP contribution in [0.4, 0.5) is 0 Å². The zero-order chi connectivity index (χ0) is 12.4. The fraction of sp³-hybridized carbons (Fsp3) is 0.867. The average Bonchev–Trinajstić information content (AvgIpc) is 2.30. The summed E-state index contributed by atoms with van der Waals surface area (Å²) in [5, 5.41) is 0. The van der Waals surface area contributed by atoms with Crippen molar-refractivity contribution >= 4 is 0 Å². The second-order valence-corrected chi connectivity index (χ2v) is 5.79. The maximum atomic E-state index is 5.56. The van der Waals surface area contributed by atoms with Crippen LogP contribution in [0.2, 0.25) is 0 Å². The number of likely N-dealkylation sites (tertiary alicyclic amines) is 1. The Morgan fingerprint density at radius 2 is 1.94 bits per heavy atom. The molecule has 1 aliphatic heterocycles. The van der Waals surface area contributed by atoms with Crippen molar-refractivity contribution in [1.29, 1.82) is 0 Å². The minimum absolute atomic E-state index is 0.273. The second kappa shape index (κ2) is 4.80. The molecule has 0 aromatic rings. The summed E-state index contributed by atoms with van der Waals surface area (Å²) in [5.41, 5.74) is 0.568. The number of nitrogens with zero attached hydrogens (tertiary/aromatic N) is 1. The Morgan fingerprint density at radius 3 is 2.38 bits per heavy atom. The van der Waals surface area contributed by atoms with E-state index in [0.717, 1.165) is 12.5 Å². The van der Waals surface area contributed by atoms with Crippen LogP contribution in [0.25, 0.3) is 0 Å². The molecule has 3 unspecified atom stereocenters. The number of piperidine rings is 1. The summed E-state index contributed by atoms with van der Waals surface area (Å²) in [7, 11) is 0. The van der Waals surface area contributed by atoms with E-state index in [1.807, 2.05) is 0 Å². The molecule has 0 spiro atoms. The van der Waals surface area contributed by atoms with Crippen molar-refractivity contribution < 1.29 is 0 Å². The van der Waals surface area contributed by atoms with Gasteiger partial charge in [0.05, 0.1) is 6.54 Å². The fourth-order valence-electron chi connectivity index (χ4n) is 3.23. The lowest BCUT2D eigenvalue weighted by molar-refractivity contribution is -0.0726. The predicted molar refractivity (Wildman–Crippen MR) is 71.3 cm³/mol. The van der Waals surface area contributed by atoms with Gasteiger partial charge in [-0.2, -0.15) is 0 Å². The minimum atomic E-state index is 0.273. The summed E-state index contributed by atoms with van der Waals surface area (Å²) < 4.78 is 0. The van der Waals surface area contributed by atoms with E-state index in [-0.39, 0.29) is 5.54 Å². The first kappa shape index (κ1) is 13.6. The molecule has 0 aliphatic carbocycles. The van der Waals surface area contributed by atoms with Gasteiger partial charge >= 0.3 is 0 Å². The van der Waals surface area contributed by atoms with Gasteiger partial charge in [0.25, 0.3) is 0 Å². The molecule has 0 bridgehead atoms. The molecular weight excluding hydrogens is 194 g/mol. The van der Waals surface area contributed by atoms with Crippen LogP contribution in [0.15, 0.2) is 0 Å². The third-order valence-electron chi connectivity index (χ3n) is 5.17. The third kappa shape index (κ3) is 2.00. The van der Waals surface area contributed by atoms with Gasteiger partial charge in [0.2, 0.25) is 0 Å². The van der Waals surface area contributed by atoms with Gasteiger partial charge in [0.1, 0.15) is 0 Å². The molecule has 1 heterocycles. The van der Waals surface area contributed by atoms with Crippen LogP contribution in [-0.4, -0.2) is 22.5 Å². The summed E-state index contributed by atoms with van der Waals surface area (Å²) in [5.74, 6) is 3.60. The largest absolute Gasteiger partial charge is 0.281 e. The van der Waals surface area contributed by atoms with Crippen LogP contribution in [0.3, 0.4) is 0 Å². The molecule has 1 saturated heterocycles. The molecule has 0 saturated carbocycles. The first-order chi connectivity index (χ1) is 7.44. The van der Waals surface area contributed by atoms with E-state index < -0.39 is 0 Å². The molecule has 0 radical (unpaired) electrons. The lowest BCUT2D eigenvalue weighted by atomic mass is 9.69.